The van der Waals surface area contributed by atoms with E-state index in [0.29, 0.717) is 13.1 Å². The minimum absolute atomic E-state index is 0.00882. The maximum Gasteiger partial charge on any atom is 0.321 e. The van der Waals surface area contributed by atoms with Crippen LogP contribution in [0.15, 0.2) is 192 Å². The van der Waals surface area contributed by atoms with Crippen LogP contribution < -0.4 is 16.1 Å². The largest absolute Gasteiger partial charge is 0.480 e. The van der Waals surface area contributed by atoms with E-state index in [0.717, 1.165) is 38.0 Å². The molecule has 1 amide bonds. The van der Waals surface area contributed by atoms with Gasteiger partial charge in [0.15, 0.2) is 0 Å². The van der Waals surface area contributed by atoms with Crippen molar-refractivity contribution in [1.29, 1.82) is 0 Å². The molecule has 6 aromatic carbocycles. The average Bonchev–Trinajstić information content (AvgIpc) is 3.41. The molecule has 0 aliphatic carbocycles. The van der Waals surface area contributed by atoms with Gasteiger partial charge in [-0.1, -0.05) is 158 Å². The molecular formula is C51H61N5O13S2. The van der Waals surface area contributed by atoms with Gasteiger partial charge in [-0.05, 0) is 46.5 Å². The van der Waals surface area contributed by atoms with Crippen molar-refractivity contribution in [3.8, 4) is 0 Å². The Morgan fingerprint density at radius 3 is 1.10 bits per heavy atom. The number of esters is 2. The number of carbonyl (C=O) groups excluding carboxylic acids is 3. The topological polar surface area (TPSA) is 258 Å². The number of nitrogens with zero attached hydrogens (tertiary/aromatic N) is 2. The zero-order valence-electron chi connectivity index (χ0n) is 39.6. The number of aliphatic hydroxyl groups excluding tert-OH is 1. The lowest BCUT2D eigenvalue weighted by molar-refractivity contribution is -0.141. The number of aliphatic hydroxyl groups is 1. The molecule has 6 rings (SSSR count). The second-order valence-electron chi connectivity index (χ2n) is 14.4. The summed E-state index contributed by atoms with van der Waals surface area (Å²) in [6, 6.07) is 53.5. The average molecular weight is 1020 g/mol. The molecule has 0 saturated carbocycles. The molecule has 0 unspecified atom stereocenters. The van der Waals surface area contributed by atoms with Crippen molar-refractivity contribution in [3.63, 3.8) is 0 Å². The fourth-order valence-corrected chi connectivity index (χ4v) is 8.60. The third kappa shape index (κ3) is 23.8. The van der Waals surface area contributed by atoms with Crippen LogP contribution in [0.1, 0.15) is 22.3 Å². The Kier molecular flexibility index (Phi) is 28.9. The van der Waals surface area contributed by atoms with E-state index < -0.39 is 44.4 Å². The summed E-state index contributed by atoms with van der Waals surface area (Å²) in [5, 5.41) is 29.8. The summed E-state index contributed by atoms with van der Waals surface area (Å²) in [6.07, 6.45) is 0. The number of amides is 1. The number of ether oxygens (including phenoxy) is 2. The molecule has 0 bridgehead atoms. The van der Waals surface area contributed by atoms with Crippen LogP contribution in [-0.2, 0) is 74.9 Å². The first-order chi connectivity index (χ1) is 34.2. The maximum absolute atomic E-state index is 12.7. The van der Waals surface area contributed by atoms with Crippen molar-refractivity contribution in [3.05, 3.63) is 204 Å². The zero-order chi connectivity index (χ0) is 52.3. The molecule has 0 aliphatic rings. The van der Waals surface area contributed by atoms with Crippen molar-refractivity contribution in [2.24, 2.45) is 0 Å². The highest BCUT2D eigenvalue weighted by molar-refractivity contribution is 7.89. The SMILES string of the molecule is CO.COC(=O)CN(Cc1ccccc1)S(=O)(=O)c1ccccc1.COC(=O)CNCc1ccccc1.O=C(CN(Cc1ccccc1)S(=O)(=O)c1ccccc1)NO.O=C(O)CNCc1ccccc1. The van der Waals surface area contributed by atoms with Crippen LogP contribution in [0.25, 0.3) is 0 Å². The fourth-order valence-electron chi connectivity index (χ4n) is 5.80. The predicted octanol–water partition coefficient (Wildman–Crippen LogP) is 4.85. The first kappa shape index (κ1) is 60.0. The Hall–Kier alpha value is -7.14. The van der Waals surface area contributed by atoms with Gasteiger partial charge >= 0.3 is 17.9 Å². The zero-order valence-corrected chi connectivity index (χ0v) is 41.2. The number of hydrogen-bond acceptors (Lipinski definition) is 14. The quantitative estimate of drug-likeness (QED) is 0.0339. The maximum atomic E-state index is 12.7. The molecule has 380 valence electrons. The molecule has 0 aromatic heterocycles. The van der Waals surface area contributed by atoms with Gasteiger partial charge in [-0.25, -0.2) is 22.3 Å². The Bertz CT molecular complexity index is 2510. The molecule has 71 heavy (non-hydrogen) atoms. The molecule has 0 radical (unpaired) electrons. The first-order valence-corrected chi connectivity index (χ1v) is 24.5. The molecular weight excluding hydrogens is 955 g/mol. The van der Waals surface area contributed by atoms with Crippen LogP contribution in [-0.4, -0.2) is 112 Å². The first-order valence-electron chi connectivity index (χ1n) is 21.6. The van der Waals surface area contributed by atoms with Crippen molar-refractivity contribution in [2.75, 3.05) is 47.5 Å². The van der Waals surface area contributed by atoms with Crippen LogP contribution >= 0.6 is 0 Å². The van der Waals surface area contributed by atoms with E-state index in [9.17, 15) is 36.0 Å². The number of aliphatic carboxylic acids is 1. The summed E-state index contributed by atoms with van der Waals surface area (Å²) in [4.78, 5) is 44.1. The fraction of sp³-hybridized carbons (Fsp3) is 0.216. The highest BCUT2D eigenvalue weighted by Crippen LogP contribution is 2.19. The monoisotopic (exact) mass is 1020 g/mol. The summed E-state index contributed by atoms with van der Waals surface area (Å²) >= 11 is 0. The molecule has 0 aliphatic heterocycles. The number of carboxylic acid groups (broad SMARTS) is 1. The summed E-state index contributed by atoms with van der Waals surface area (Å²) in [5.74, 6) is -2.47. The highest BCUT2D eigenvalue weighted by Gasteiger charge is 2.28. The molecule has 20 heteroatoms. The van der Waals surface area contributed by atoms with Gasteiger partial charge < -0.3 is 30.3 Å². The van der Waals surface area contributed by atoms with Crippen molar-refractivity contribution < 1.29 is 60.9 Å². The van der Waals surface area contributed by atoms with Gasteiger partial charge in [-0.3, -0.25) is 24.4 Å². The number of hydrogen-bond donors (Lipinski definition) is 6. The van der Waals surface area contributed by atoms with Gasteiger partial charge in [-0.15, -0.1) is 0 Å². The molecule has 6 aromatic rings. The molecule has 0 spiro atoms. The van der Waals surface area contributed by atoms with Gasteiger partial charge in [0.25, 0.3) is 5.91 Å². The number of sulfonamides is 2. The normalized spacial score (nSPS) is 10.5. The molecule has 0 heterocycles. The second-order valence-corrected chi connectivity index (χ2v) is 18.3. The van der Waals surface area contributed by atoms with Crippen LogP contribution in [0.5, 0.6) is 0 Å². The second kappa shape index (κ2) is 34.2. The standard InChI is InChI=1S/C16H17NO4S.C15H16N2O4S.C10H13NO2.C9H11NO2.CH4O/c1-21-16(18)13-17(12-14-8-4-2-5-9-14)22(19,20)15-10-6-3-7-11-15;18-15(16-19)12-17(11-13-7-3-1-4-8-13)22(20,21)14-9-5-2-6-10-14;1-13-10(12)8-11-7-9-5-3-2-4-6-9;11-9(12)7-10-6-8-4-2-1-3-5-8;1-2/h2-11H,12-13H2,1H3;1-10,19H,11-12H2,(H,16,18);2-6,11H,7-8H2,1H3;1-5,10H,6-7H2,(H,11,12);2H,1H3. The number of hydroxylamine groups is 1. The van der Waals surface area contributed by atoms with Crippen molar-refractivity contribution in [1.82, 2.24) is 24.7 Å². The predicted molar refractivity (Wildman–Crippen MR) is 267 cm³/mol. The number of nitrogens with one attached hydrogen (secondary N) is 3. The van der Waals surface area contributed by atoms with E-state index in [2.05, 4.69) is 20.1 Å². The highest BCUT2D eigenvalue weighted by atomic mass is 32.2. The van der Waals surface area contributed by atoms with Gasteiger partial charge in [0.1, 0.15) is 6.54 Å². The minimum Gasteiger partial charge on any atom is -0.480 e. The Balaban J connectivity index is 0.000000331. The van der Waals surface area contributed by atoms with E-state index in [1.807, 2.05) is 97.1 Å². The molecule has 0 fully saturated rings. The van der Waals surface area contributed by atoms with E-state index in [-0.39, 0.29) is 48.5 Å². The van der Waals surface area contributed by atoms with Crippen LogP contribution in [0, 0.1) is 0 Å². The van der Waals surface area contributed by atoms with E-state index in [1.54, 1.807) is 60.7 Å². The lowest BCUT2D eigenvalue weighted by atomic mass is 10.2. The van der Waals surface area contributed by atoms with Gasteiger partial charge in [0, 0.05) is 33.3 Å². The van der Waals surface area contributed by atoms with E-state index >= 15 is 0 Å². The Labute approximate surface area is 415 Å². The lowest BCUT2D eigenvalue weighted by Gasteiger charge is -2.21. The van der Waals surface area contributed by atoms with Crippen molar-refractivity contribution in [2.45, 2.75) is 36.0 Å². The van der Waals surface area contributed by atoms with Crippen molar-refractivity contribution >= 4 is 43.9 Å². The van der Waals surface area contributed by atoms with Gasteiger partial charge in [0.05, 0.1) is 43.6 Å². The minimum atomic E-state index is -3.84. The summed E-state index contributed by atoms with van der Waals surface area (Å²) < 4.78 is 61.9. The molecule has 0 atom stereocenters. The smallest absolute Gasteiger partial charge is 0.321 e. The number of carboxylic acids is 1. The van der Waals surface area contributed by atoms with Crippen LogP contribution in [0.2, 0.25) is 0 Å². The number of methoxy groups -OCH3 is 2. The van der Waals surface area contributed by atoms with Gasteiger partial charge in [-0.2, -0.15) is 8.61 Å². The summed E-state index contributed by atoms with van der Waals surface area (Å²) in [7, 11) is -4.00. The third-order valence-electron chi connectivity index (χ3n) is 9.26. The van der Waals surface area contributed by atoms with Crippen LogP contribution in [0.4, 0.5) is 0 Å². The number of benzene rings is 6. The third-order valence-corrected chi connectivity index (χ3v) is 12.9. The molecule has 18 nitrogen and oxygen atoms in total. The lowest BCUT2D eigenvalue weighted by Crippen LogP contribution is -2.39. The Morgan fingerprint density at radius 1 is 0.465 bits per heavy atom. The van der Waals surface area contributed by atoms with Gasteiger partial charge in [0.2, 0.25) is 20.0 Å². The van der Waals surface area contributed by atoms with Crippen LogP contribution in [0.3, 0.4) is 0 Å². The van der Waals surface area contributed by atoms with E-state index in [4.69, 9.17) is 15.4 Å². The molecule has 6 N–H and O–H groups in total. The number of carbonyl (C=O) groups is 4. The number of rotatable bonds is 20. The summed E-state index contributed by atoms with van der Waals surface area (Å²) in [6.45, 7) is 0.896. The summed E-state index contributed by atoms with van der Waals surface area (Å²) in [5.41, 5.74) is 5.25. The Morgan fingerprint density at radius 2 is 0.775 bits per heavy atom. The molecule has 0 saturated heterocycles. The van der Waals surface area contributed by atoms with E-state index in [1.165, 1.54) is 44.0 Å².